The van der Waals surface area contributed by atoms with Crippen molar-refractivity contribution in [3.8, 4) is 28.8 Å². The minimum Gasteiger partial charge on any atom is -0.496 e. The average Bonchev–Trinajstić information content (AvgIpc) is 3.48. The molecule has 0 radical (unpaired) electrons. The van der Waals surface area contributed by atoms with E-state index in [-0.39, 0.29) is 24.1 Å². The van der Waals surface area contributed by atoms with E-state index in [2.05, 4.69) is 26.3 Å². The number of amides is 1. The third-order valence-electron chi connectivity index (χ3n) is 6.70. The molecule has 44 heavy (non-hydrogen) atoms. The quantitative estimate of drug-likeness (QED) is 0.177. The first kappa shape index (κ1) is 28.7. The Labute approximate surface area is 259 Å². The predicted octanol–water partition coefficient (Wildman–Crippen LogP) is 6.49. The van der Waals surface area contributed by atoms with Gasteiger partial charge in [-0.1, -0.05) is 52.3 Å². The molecule has 6 rings (SSSR count). The van der Waals surface area contributed by atoms with Gasteiger partial charge in [0.2, 0.25) is 5.82 Å². The second-order valence-electron chi connectivity index (χ2n) is 9.53. The molecule has 2 aromatic heterocycles. The van der Waals surface area contributed by atoms with Crippen LogP contribution in [0, 0.1) is 0 Å². The molecule has 0 atom stereocenters. The summed E-state index contributed by atoms with van der Waals surface area (Å²) in [5, 5.41) is 8.45. The molecule has 0 saturated heterocycles. The summed E-state index contributed by atoms with van der Waals surface area (Å²) in [6, 6.07) is 26.7. The topological polar surface area (TPSA) is 117 Å². The molecular weight excluding hydrogens is 628 g/mol. The summed E-state index contributed by atoms with van der Waals surface area (Å²) in [7, 11) is 3.07. The number of fused-ring (bicyclic) bond motifs is 2. The Morgan fingerprint density at radius 1 is 0.955 bits per heavy atom. The number of benzene rings is 4. The molecule has 0 aliphatic carbocycles. The summed E-state index contributed by atoms with van der Waals surface area (Å²) in [4.78, 5) is 31.1. The summed E-state index contributed by atoms with van der Waals surface area (Å²) < 4.78 is 24.9. The Hall–Kier alpha value is -5.42. The van der Waals surface area contributed by atoms with Gasteiger partial charge in [-0.15, -0.1) is 0 Å². The lowest BCUT2D eigenvalue weighted by atomic mass is 10.2. The molecule has 0 saturated carbocycles. The maximum Gasteiger partial charge on any atom is 0.282 e. The van der Waals surface area contributed by atoms with E-state index in [0.29, 0.717) is 49.5 Å². The molecule has 0 bridgehead atoms. The van der Waals surface area contributed by atoms with Crippen LogP contribution < -0.4 is 25.1 Å². The van der Waals surface area contributed by atoms with E-state index in [0.717, 1.165) is 5.39 Å². The smallest absolute Gasteiger partial charge is 0.282 e. The minimum absolute atomic E-state index is 0.190. The molecule has 0 spiro atoms. The van der Waals surface area contributed by atoms with Crippen LogP contribution in [0.5, 0.6) is 17.2 Å². The highest BCUT2D eigenvalue weighted by Crippen LogP contribution is 2.35. The molecule has 220 valence electrons. The number of aromatic nitrogens is 2. The number of hydrogen-bond donors (Lipinski definition) is 1. The van der Waals surface area contributed by atoms with Gasteiger partial charge in [-0.3, -0.25) is 9.59 Å². The first-order valence-corrected chi connectivity index (χ1v) is 14.2. The SMILES string of the molecule is COc1cc(Br)cc(C=Nn2c(-c3cc4c(OC)cccc4o3)nc3ccccc3c2=O)c1OCC(=O)Nc1ccccc1. The number of rotatable bonds is 9. The number of methoxy groups -OCH3 is 2. The van der Waals surface area contributed by atoms with Crippen LogP contribution in [-0.2, 0) is 4.79 Å². The molecule has 2 heterocycles. The first-order valence-electron chi connectivity index (χ1n) is 13.4. The van der Waals surface area contributed by atoms with Gasteiger partial charge < -0.3 is 23.9 Å². The normalized spacial score (nSPS) is 11.2. The van der Waals surface area contributed by atoms with E-state index >= 15 is 0 Å². The fourth-order valence-electron chi connectivity index (χ4n) is 4.68. The minimum atomic E-state index is -0.402. The number of halogens is 1. The molecule has 11 heteroatoms. The van der Waals surface area contributed by atoms with Crippen LogP contribution in [0.4, 0.5) is 5.69 Å². The molecule has 1 N–H and O–H groups in total. The zero-order valence-electron chi connectivity index (χ0n) is 23.6. The van der Waals surface area contributed by atoms with Crippen molar-refractivity contribution in [1.29, 1.82) is 0 Å². The van der Waals surface area contributed by atoms with Gasteiger partial charge in [-0.05, 0) is 54.6 Å². The van der Waals surface area contributed by atoms with Crippen molar-refractivity contribution < 1.29 is 23.4 Å². The van der Waals surface area contributed by atoms with Crippen LogP contribution in [0.2, 0.25) is 0 Å². The van der Waals surface area contributed by atoms with Crippen molar-refractivity contribution >= 4 is 55.6 Å². The van der Waals surface area contributed by atoms with Gasteiger partial charge in [-0.2, -0.15) is 9.78 Å². The molecule has 10 nitrogen and oxygen atoms in total. The van der Waals surface area contributed by atoms with Crippen LogP contribution >= 0.6 is 15.9 Å². The lowest BCUT2D eigenvalue weighted by Crippen LogP contribution is -2.21. The Morgan fingerprint density at radius 2 is 1.73 bits per heavy atom. The fourth-order valence-corrected chi connectivity index (χ4v) is 5.13. The van der Waals surface area contributed by atoms with E-state index in [9.17, 15) is 9.59 Å². The number of nitrogens with one attached hydrogen (secondary N) is 1. The average molecular weight is 653 g/mol. The van der Waals surface area contributed by atoms with Crippen molar-refractivity contribution in [3.63, 3.8) is 0 Å². The van der Waals surface area contributed by atoms with Crippen LogP contribution in [-0.4, -0.2) is 42.6 Å². The second-order valence-corrected chi connectivity index (χ2v) is 10.4. The van der Waals surface area contributed by atoms with Crippen molar-refractivity contribution in [2.45, 2.75) is 0 Å². The Bertz CT molecular complexity index is 2090. The summed E-state index contributed by atoms with van der Waals surface area (Å²) in [5.74, 6) is 1.40. The van der Waals surface area contributed by atoms with E-state index in [1.807, 2.05) is 30.3 Å². The highest BCUT2D eigenvalue weighted by molar-refractivity contribution is 9.10. The van der Waals surface area contributed by atoms with Gasteiger partial charge in [-0.25, -0.2) is 4.98 Å². The van der Waals surface area contributed by atoms with E-state index in [1.54, 1.807) is 67.8 Å². The molecule has 0 aliphatic heterocycles. The third kappa shape index (κ3) is 5.77. The van der Waals surface area contributed by atoms with Gasteiger partial charge in [0.25, 0.3) is 11.5 Å². The Balaban J connectivity index is 1.42. The van der Waals surface area contributed by atoms with Crippen LogP contribution in [0.25, 0.3) is 33.5 Å². The Kier molecular flexibility index (Phi) is 8.11. The molecular formula is C33H25BrN4O6. The van der Waals surface area contributed by atoms with E-state index in [4.69, 9.17) is 23.6 Å². The van der Waals surface area contributed by atoms with Crippen molar-refractivity contribution in [2.75, 3.05) is 26.1 Å². The maximum atomic E-state index is 13.8. The summed E-state index contributed by atoms with van der Waals surface area (Å²) in [6.45, 7) is -0.294. The highest BCUT2D eigenvalue weighted by Gasteiger charge is 2.19. The van der Waals surface area contributed by atoms with Gasteiger partial charge in [0.15, 0.2) is 23.9 Å². The molecule has 1 amide bonds. The van der Waals surface area contributed by atoms with Gasteiger partial charge in [0, 0.05) is 15.7 Å². The lowest BCUT2D eigenvalue weighted by molar-refractivity contribution is -0.118. The second kappa shape index (κ2) is 12.4. The van der Waals surface area contributed by atoms with Crippen molar-refractivity contribution in [1.82, 2.24) is 9.66 Å². The van der Waals surface area contributed by atoms with Gasteiger partial charge in [0.05, 0.1) is 36.7 Å². The number of furan rings is 1. The number of nitrogens with zero attached hydrogens (tertiary/aromatic N) is 3. The summed E-state index contributed by atoms with van der Waals surface area (Å²) >= 11 is 3.49. The zero-order chi connectivity index (χ0) is 30.6. The number of para-hydroxylation sites is 2. The molecule has 0 aliphatic rings. The lowest BCUT2D eigenvalue weighted by Gasteiger charge is -2.14. The number of carbonyl (C=O) groups is 1. The maximum absolute atomic E-state index is 13.8. The molecule has 4 aromatic carbocycles. The number of carbonyl (C=O) groups excluding carboxylic acids is 1. The molecule has 0 unspecified atom stereocenters. The largest absolute Gasteiger partial charge is 0.496 e. The monoisotopic (exact) mass is 652 g/mol. The van der Waals surface area contributed by atoms with Gasteiger partial charge in [0.1, 0.15) is 11.3 Å². The standard InChI is InChI=1S/C33H25BrN4O6/c1-41-26-13-8-14-27-24(26)17-29(44-27)32-37-25-12-7-6-11-23(25)33(40)38(32)35-18-20-15-21(34)16-28(42-2)31(20)43-19-30(39)36-22-9-4-3-5-10-22/h3-18H,19H2,1-2H3,(H,36,39). The predicted molar refractivity (Wildman–Crippen MR) is 172 cm³/mol. The van der Waals surface area contributed by atoms with Crippen LogP contribution in [0.15, 0.2) is 110 Å². The summed E-state index contributed by atoms with van der Waals surface area (Å²) in [6.07, 6.45) is 1.45. The highest BCUT2D eigenvalue weighted by atomic mass is 79.9. The zero-order valence-corrected chi connectivity index (χ0v) is 25.2. The first-order chi connectivity index (χ1) is 21.4. The summed E-state index contributed by atoms with van der Waals surface area (Å²) in [5.41, 5.74) is 1.74. The van der Waals surface area contributed by atoms with Crippen molar-refractivity contribution in [3.05, 3.63) is 111 Å². The van der Waals surface area contributed by atoms with E-state index < -0.39 is 5.56 Å². The Morgan fingerprint density at radius 3 is 2.52 bits per heavy atom. The van der Waals surface area contributed by atoms with Gasteiger partial charge >= 0.3 is 0 Å². The van der Waals surface area contributed by atoms with Crippen LogP contribution in [0.1, 0.15) is 5.56 Å². The number of ether oxygens (including phenoxy) is 3. The molecule has 6 aromatic rings. The van der Waals surface area contributed by atoms with E-state index in [1.165, 1.54) is 18.0 Å². The van der Waals surface area contributed by atoms with Crippen molar-refractivity contribution in [2.24, 2.45) is 5.10 Å². The number of hydrogen-bond acceptors (Lipinski definition) is 8. The number of anilines is 1. The molecule has 0 fully saturated rings. The third-order valence-corrected chi connectivity index (χ3v) is 7.16. The van der Waals surface area contributed by atoms with Crippen LogP contribution in [0.3, 0.4) is 0 Å². The fraction of sp³-hybridized carbons (Fsp3) is 0.0909.